The van der Waals surface area contributed by atoms with Crippen LogP contribution in [0.1, 0.15) is 12.8 Å². The summed E-state index contributed by atoms with van der Waals surface area (Å²) in [6.45, 7) is 1.16. The zero-order chi connectivity index (χ0) is 13.0. The molecule has 1 aromatic rings. The van der Waals surface area contributed by atoms with Crippen molar-refractivity contribution in [2.24, 2.45) is 0 Å². The lowest BCUT2D eigenvalue weighted by Gasteiger charge is -2.19. The predicted octanol–water partition coefficient (Wildman–Crippen LogP) is 2.62. The van der Waals surface area contributed by atoms with Crippen molar-refractivity contribution in [2.45, 2.75) is 25.0 Å². The standard InChI is InChI=1S/C13H17ClFNO2/c1-17-8-11(7-16-9-2-3-9)18-10-4-5-12(14)13(15)6-10/h4-6,9,11,16H,2-3,7-8H2,1H3. The van der Waals surface area contributed by atoms with Crippen LogP contribution < -0.4 is 10.1 Å². The Labute approximate surface area is 111 Å². The molecular weight excluding hydrogens is 257 g/mol. The molecule has 0 amide bonds. The van der Waals surface area contributed by atoms with Crippen LogP contribution in [-0.4, -0.2) is 32.4 Å². The number of hydrogen-bond acceptors (Lipinski definition) is 3. The van der Waals surface area contributed by atoms with E-state index in [9.17, 15) is 4.39 Å². The van der Waals surface area contributed by atoms with Crippen LogP contribution in [0.2, 0.25) is 5.02 Å². The van der Waals surface area contributed by atoms with Crippen molar-refractivity contribution in [3.8, 4) is 5.75 Å². The van der Waals surface area contributed by atoms with E-state index in [1.54, 1.807) is 13.2 Å². The maximum atomic E-state index is 13.3. The molecule has 1 N–H and O–H groups in total. The van der Waals surface area contributed by atoms with Crippen LogP contribution in [-0.2, 0) is 4.74 Å². The van der Waals surface area contributed by atoms with E-state index in [1.807, 2.05) is 0 Å². The molecule has 1 fully saturated rings. The van der Waals surface area contributed by atoms with Gasteiger partial charge in [0, 0.05) is 25.8 Å². The second-order valence-corrected chi connectivity index (χ2v) is 4.86. The van der Waals surface area contributed by atoms with E-state index < -0.39 is 5.82 Å². The van der Waals surface area contributed by atoms with Crippen LogP contribution in [0.25, 0.3) is 0 Å². The number of ether oxygens (including phenoxy) is 2. The monoisotopic (exact) mass is 273 g/mol. The summed E-state index contributed by atoms with van der Waals surface area (Å²) in [5, 5.41) is 3.46. The van der Waals surface area contributed by atoms with Gasteiger partial charge in [0.2, 0.25) is 0 Å². The summed E-state index contributed by atoms with van der Waals surface area (Å²) in [6.07, 6.45) is 2.31. The summed E-state index contributed by atoms with van der Waals surface area (Å²) >= 11 is 5.62. The van der Waals surface area contributed by atoms with Crippen molar-refractivity contribution in [3.63, 3.8) is 0 Å². The second kappa shape index (κ2) is 6.36. The first-order valence-electron chi connectivity index (χ1n) is 6.03. The molecule has 0 aromatic heterocycles. The minimum atomic E-state index is -0.472. The smallest absolute Gasteiger partial charge is 0.145 e. The van der Waals surface area contributed by atoms with Crippen molar-refractivity contribution < 1.29 is 13.9 Å². The highest BCUT2D eigenvalue weighted by atomic mass is 35.5. The molecule has 5 heteroatoms. The Balaban J connectivity index is 1.90. The minimum Gasteiger partial charge on any atom is -0.487 e. The van der Waals surface area contributed by atoms with Gasteiger partial charge in [0.25, 0.3) is 0 Å². The van der Waals surface area contributed by atoms with Gasteiger partial charge in [0.1, 0.15) is 17.7 Å². The van der Waals surface area contributed by atoms with Gasteiger partial charge in [-0.1, -0.05) is 11.6 Å². The van der Waals surface area contributed by atoms with Gasteiger partial charge >= 0.3 is 0 Å². The van der Waals surface area contributed by atoms with E-state index in [-0.39, 0.29) is 11.1 Å². The number of halogens is 2. The highest BCUT2D eigenvalue weighted by Crippen LogP contribution is 2.22. The third-order valence-electron chi connectivity index (χ3n) is 2.76. The lowest BCUT2D eigenvalue weighted by Crippen LogP contribution is -2.35. The minimum absolute atomic E-state index is 0.0988. The average molecular weight is 274 g/mol. The predicted molar refractivity (Wildman–Crippen MR) is 68.7 cm³/mol. The molecule has 100 valence electrons. The fourth-order valence-electron chi connectivity index (χ4n) is 1.65. The third-order valence-corrected chi connectivity index (χ3v) is 3.06. The van der Waals surface area contributed by atoms with Gasteiger partial charge in [-0.3, -0.25) is 0 Å². The van der Waals surface area contributed by atoms with Crippen molar-refractivity contribution >= 4 is 11.6 Å². The van der Waals surface area contributed by atoms with Crippen LogP contribution in [0.5, 0.6) is 5.75 Å². The summed E-state index contributed by atoms with van der Waals surface area (Å²) in [6, 6.07) is 5.05. The Hall–Kier alpha value is -0.840. The van der Waals surface area contributed by atoms with Gasteiger partial charge in [-0.15, -0.1) is 0 Å². The average Bonchev–Trinajstić information content (AvgIpc) is 3.15. The van der Waals surface area contributed by atoms with Crippen LogP contribution >= 0.6 is 11.6 Å². The zero-order valence-electron chi connectivity index (χ0n) is 10.3. The molecule has 18 heavy (non-hydrogen) atoms. The molecule has 0 saturated heterocycles. The molecule has 1 aliphatic carbocycles. The summed E-state index contributed by atoms with van der Waals surface area (Å²) in [4.78, 5) is 0. The van der Waals surface area contributed by atoms with Gasteiger partial charge in [-0.05, 0) is 25.0 Å². The van der Waals surface area contributed by atoms with Crippen molar-refractivity contribution in [2.75, 3.05) is 20.3 Å². The Morgan fingerprint density at radius 2 is 2.28 bits per heavy atom. The summed E-state index contributed by atoms with van der Waals surface area (Å²) in [5.74, 6) is -0.00275. The largest absolute Gasteiger partial charge is 0.487 e. The highest BCUT2D eigenvalue weighted by molar-refractivity contribution is 6.30. The second-order valence-electron chi connectivity index (χ2n) is 4.45. The number of methoxy groups -OCH3 is 1. The molecular formula is C13H17ClFNO2. The van der Waals surface area contributed by atoms with Gasteiger partial charge in [0.15, 0.2) is 0 Å². The van der Waals surface area contributed by atoms with E-state index >= 15 is 0 Å². The van der Waals surface area contributed by atoms with E-state index in [0.717, 1.165) is 0 Å². The molecule has 1 aliphatic rings. The summed E-state index contributed by atoms with van der Waals surface area (Å²) in [7, 11) is 1.62. The molecule has 0 aliphatic heterocycles. The van der Waals surface area contributed by atoms with Gasteiger partial charge < -0.3 is 14.8 Å². The SMILES string of the molecule is COCC(CNC1CC1)Oc1ccc(Cl)c(F)c1. The molecule has 0 bridgehead atoms. The molecule has 1 unspecified atom stereocenters. The van der Waals surface area contributed by atoms with Gasteiger partial charge in [-0.25, -0.2) is 4.39 Å². The normalized spacial score (nSPS) is 16.6. The van der Waals surface area contributed by atoms with E-state index in [1.165, 1.54) is 25.0 Å². The number of nitrogens with one attached hydrogen (secondary N) is 1. The maximum Gasteiger partial charge on any atom is 0.145 e. The lowest BCUT2D eigenvalue weighted by molar-refractivity contribution is 0.0802. The highest BCUT2D eigenvalue weighted by Gasteiger charge is 2.22. The van der Waals surface area contributed by atoms with E-state index in [4.69, 9.17) is 21.1 Å². The topological polar surface area (TPSA) is 30.5 Å². The Kier molecular flexibility index (Phi) is 4.80. The van der Waals surface area contributed by atoms with Crippen molar-refractivity contribution in [1.29, 1.82) is 0 Å². The zero-order valence-corrected chi connectivity index (χ0v) is 11.0. The van der Waals surface area contributed by atoms with Crippen LogP contribution in [0.4, 0.5) is 4.39 Å². The molecule has 3 nitrogen and oxygen atoms in total. The lowest BCUT2D eigenvalue weighted by atomic mass is 10.3. The maximum absolute atomic E-state index is 13.3. The Morgan fingerprint density at radius 3 is 2.89 bits per heavy atom. The quantitative estimate of drug-likeness (QED) is 0.828. The van der Waals surface area contributed by atoms with Crippen molar-refractivity contribution in [1.82, 2.24) is 5.32 Å². The van der Waals surface area contributed by atoms with Crippen molar-refractivity contribution in [3.05, 3.63) is 29.0 Å². The summed E-state index contributed by atoms with van der Waals surface area (Å²) in [5.41, 5.74) is 0. The molecule has 0 spiro atoms. The fourth-order valence-corrected chi connectivity index (χ4v) is 1.77. The molecule has 2 rings (SSSR count). The van der Waals surface area contributed by atoms with Gasteiger partial charge in [0.05, 0.1) is 11.6 Å². The van der Waals surface area contributed by atoms with Crippen LogP contribution in [0, 0.1) is 5.82 Å². The first-order valence-corrected chi connectivity index (χ1v) is 6.41. The van der Waals surface area contributed by atoms with E-state index in [2.05, 4.69) is 5.32 Å². The van der Waals surface area contributed by atoms with E-state index in [0.29, 0.717) is 24.9 Å². The molecule has 0 heterocycles. The first-order chi connectivity index (χ1) is 8.69. The first kappa shape index (κ1) is 13.6. The van der Waals surface area contributed by atoms with Crippen LogP contribution in [0.15, 0.2) is 18.2 Å². The Morgan fingerprint density at radius 1 is 1.50 bits per heavy atom. The Bertz CT molecular complexity index is 399. The van der Waals surface area contributed by atoms with Gasteiger partial charge in [-0.2, -0.15) is 0 Å². The van der Waals surface area contributed by atoms with Crippen LogP contribution in [0.3, 0.4) is 0 Å². The molecule has 1 saturated carbocycles. The number of hydrogen-bond donors (Lipinski definition) is 1. The molecule has 0 radical (unpaired) electrons. The fraction of sp³-hybridized carbons (Fsp3) is 0.538. The number of rotatable bonds is 7. The summed E-state index contributed by atoms with van der Waals surface area (Å²) < 4.78 is 24.1. The molecule has 1 atom stereocenters. The third kappa shape index (κ3) is 4.12. The number of benzene rings is 1. The molecule has 1 aromatic carbocycles.